The second-order valence-corrected chi connectivity index (χ2v) is 8.62. The van der Waals surface area contributed by atoms with Gasteiger partial charge in [-0.2, -0.15) is 0 Å². The number of nitrogens with one attached hydrogen (secondary N) is 1. The van der Waals surface area contributed by atoms with E-state index in [0.29, 0.717) is 6.61 Å². The highest BCUT2D eigenvalue weighted by molar-refractivity contribution is 7.99. The molecule has 1 aromatic carbocycles. The predicted molar refractivity (Wildman–Crippen MR) is 105 cm³/mol. The average molecular weight is 375 g/mol. The first-order valence-corrected chi connectivity index (χ1v) is 9.96. The summed E-state index contributed by atoms with van der Waals surface area (Å²) in [4.78, 5) is 11.2. The van der Waals surface area contributed by atoms with Gasteiger partial charge in [0.15, 0.2) is 5.82 Å². The van der Waals surface area contributed by atoms with Crippen molar-refractivity contribution in [2.75, 3.05) is 33.5 Å². The van der Waals surface area contributed by atoms with Gasteiger partial charge in [0, 0.05) is 23.3 Å². The number of methoxy groups -OCH3 is 1. The maximum atomic E-state index is 6.02. The number of quaternary nitrogens is 1. The first-order chi connectivity index (χ1) is 12.4. The molecule has 0 saturated heterocycles. The molecule has 1 aliphatic heterocycles. The standard InChI is InChI=1S/C20H27N3O2S/c1-20(2)12-17-16(13-25-20)19(26-11-10-23(3)4)22-18(21-17)14-6-8-15(24-5)9-7-14/h6-9H,10-13H2,1-5H3/p+1. The van der Waals surface area contributed by atoms with Gasteiger partial charge in [-0.25, -0.2) is 9.97 Å². The van der Waals surface area contributed by atoms with Crippen LogP contribution in [0.15, 0.2) is 29.3 Å². The van der Waals surface area contributed by atoms with E-state index in [-0.39, 0.29) is 5.60 Å². The van der Waals surface area contributed by atoms with Gasteiger partial charge in [-0.05, 0) is 38.1 Å². The number of thioether (sulfide) groups is 1. The largest absolute Gasteiger partial charge is 0.497 e. The fourth-order valence-electron chi connectivity index (χ4n) is 2.86. The minimum atomic E-state index is -0.186. The molecule has 0 radical (unpaired) electrons. The van der Waals surface area contributed by atoms with Crippen molar-refractivity contribution in [1.29, 1.82) is 0 Å². The second-order valence-electron chi connectivity index (χ2n) is 7.54. The molecule has 1 N–H and O–H groups in total. The highest BCUT2D eigenvalue weighted by Gasteiger charge is 2.30. The Morgan fingerprint density at radius 2 is 1.92 bits per heavy atom. The lowest BCUT2D eigenvalue weighted by Crippen LogP contribution is -3.06. The lowest BCUT2D eigenvalue weighted by Gasteiger charge is -2.32. The number of ether oxygens (including phenoxy) is 2. The van der Waals surface area contributed by atoms with Crippen LogP contribution in [0.4, 0.5) is 0 Å². The van der Waals surface area contributed by atoms with Crippen LogP contribution in [0.5, 0.6) is 5.75 Å². The molecule has 0 fully saturated rings. The van der Waals surface area contributed by atoms with Gasteiger partial charge >= 0.3 is 0 Å². The lowest BCUT2D eigenvalue weighted by atomic mass is 9.96. The molecule has 140 valence electrons. The first kappa shape index (κ1) is 19.1. The monoisotopic (exact) mass is 374 g/mol. The number of nitrogens with zero attached hydrogens (tertiary/aromatic N) is 2. The Morgan fingerprint density at radius 1 is 1.19 bits per heavy atom. The van der Waals surface area contributed by atoms with Crippen molar-refractivity contribution in [2.45, 2.75) is 37.5 Å². The van der Waals surface area contributed by atoms with Crippen LogP contribution in [0.2, 0.25) is 0 Å². The minimum Gasteiger partial charge on any atom is -0.497 e. The third kappa shape index (κ3) is 4.55. The van der Waals surface area contributed by atoms with Gasteiger partial charge in [0.05, 0.1) is 45.7 Å². The van der Waals surface area contributed by atoms with E-state index in [9.17, 15) is 0 Å². The smallest absolute Gasteiger partial charge is 0.160 e. The molecular weight excluding hydrogens is 346 g/mol. The molecule has 0 amide bonds. The third-order valence-corrected chi connectivity index (χ3v) is 5.46. The van der Waals surface area contributed by atoms with Gasteiger partial charge in [0.1, 0.15) is 10.8 Å². The second kappa shape index (κ2) is 7.94. The Balaban J connectivity index is 1.96. The van der Waals surface area contributed by atoms with Crippen LogP contribution in [0.1, 0.15) is 25.1 Å². The Hall–Kier alpha value is -1.63. The van der Waals surface area contributed by atoms with Crippen molar-refractivity contribution in [3.05, 3.63) is 35.5 Å². The predicted octanol–water partition coefficient (Wildman–Crippen LogP) is 2.24. The quantitative estimate of drug-likeness (QED) is 0.621. The van der Waals surface area contributed by atoms with Crippen molar-refractivity contribution in [2.24, 2.45) is 0 Å². The summed E-state index contributed by atoms with van der Waals surface area (Å²) >= 11 is 1.80. The van der Waals surface area contributed by atoms with Crippen LogP contribution in [0, 0.1) is 0 Å². The molecule has 26 heavy (non-hydrogen) atoms. The van der Waals surface area contributed by atoms with Crippen LogP contribution in [-0.4, -0.2) is 49.1 Å². The molecular formula is C20H28N3O2S+. The Morgan fingerprint density at radius 3 is 2.58 bits per heavy atom. The van der Waals surface area contributed by atoms with E-state index in [1.807, 2.05) is 24.3 Å². The summed E-state index contributed by atoms with van der Waals surface area (Å²) in [6, 6.07) is 7.94. The van der Waals surface area contributed by atoms with Crippen molar-refractivity contribution in [3.8, 4) is 17.1 Å². The van der Waals surface area contributed by atoms with E-state index in [2.05, 4.69) is 27.9 Å². The molecule has 0 bridgehead atoms. The van der Waals surface area contributed by atoms with Gasteiger partial charge in [-0.3, -0.25) is 0 Å². The summed E-state index contributed by atoms with van der Waals surface area (Å²) in [5, 5.41) is 1.05. The van der Waals surface area contributed by atoms with Gasteiger partial charge < -0.3 is 14.4 Å². The maximum Gasteiger partial charge on any atom is 0.160 e. The van der Waals surface area contributed by atoms with Crippen molar-refractivity contribution in [3.63, 3.8) is 0 Å². The van der Waals surface area contributed by atoms with E-state index >= 15 is 0 Å². The maximum absolute atomic E-state index is 6.02. The molecule has 2 aromatic rings. The van der Waals surface area contributed by atoms with Gasteiger partial charge in [0.2, 0.25) is 0 Å². The van der Waals surface area contributed by atoms with Crippen molar-refractivity contribution in [1.82, 2.24) is 9.97 Å². The fourth-order valence-corrected chi connectivity index (χ4v) is 4.07. The molecule has 0 spiro atoms. The van der Waals surface area contributed by atoms with Crippen molar-refractivity contribution >= 4 is 11.8 Å². The van der Waals surface area contributed by atoms with Crippen LogP contribution in [-0.2, 0) is 17.8 Å². The Labute approximate surface area is 160 Å². The van der Waals surface area contributed by atoms with E-state index in [1.165, 1.54) is 4.90 Å². The highest BCUT2D eigenvalue weighted by Crippen LogP contribution is 2.34. The number of benzene rings is 1. The van der Waals surface area contributed by atoms with E-state index in [1.54, 1.807) is 18.9 Å². The van der Waals surface area contributed by atoms with Crippen LogP contribution in [0.25, 0.3) is 11.4 Å². The highest BCUT2D eigenvalue weighted by atomic mass is 32.2. The number of rotatable bonds is 6. The summed E-state index contributed by atoms with van der Waals surface area (Å²) in [5.74, 6) is 2.64. The topological polar surface area (TPSA) is 48.7 Å². The fraction of sp³-hybridized carbons (Fsp3) is 0.500. The molecule has 3 rings (SSSR count). The summed E-state index contributed by atoms with van der Waals surface area (Å²) < 4.78 is 11.3. The van der Waals surface area contributed by atoms with Gasteiger partial charge in [-0.15, -0.1) is 11.8 Å². The van der Waals surface area contributed by atoms with Crippen molar-refractivity contribution < 1.29 is 14.4 Å². The Kier molecular flexibility index (Phi) is 5.85. The number of hydrogen-bond donors (Lipinski definition) is 1. The summed E-state index contributed by atoms with van der Waals surface area (Å²) in [7, 11) is 6.02. The third-order valence-electron chi connectivity index (χ3n) is 4.44. The van der Waals surface area contributed by atoms with E-state index in [4.69, 9.17) is 19.4 Å². The molecule has 5 nitrogen and oxygen atoms in total. The molecule has 1 aromatic heterocycles. The first-order valence-electron chi connectivity index (χ1n) is 8.98. The van der Waals surface area contributed by atoms with Crippen LogP contribution >= 0.6 is 11.8 Å². The van der Waals surface area contributed by atoms with Gasteiger partial charge in [0.25, 0.3) is 0 Å². The SMILES string of the molecule is COc1ccc(-c2nc3c(c(SCC[NH+](C)C)n2)COC(C)(C)C3)cc1. The molecule has 1 aliphatic rings. The zero-order valence-electron chi connectivity index (χ0n) is 16.3. The van der Waals surface area contributed by atoms with E-state index in [0.717, 1.165) is 52.1 Å². The zero-order chi connectivity index (χ0) is 18.7. The molecule has 0 unspecified atom stereocenters. The molecule has 0 atom stereocenters. The Bertz CT molecular complexity index is 760. The van der Waals surface area contributed by atoms with Crippen LogP contribution < -0.4 is 9.64 Å². The summed E-state index contributed by atoms with van der Waals surface area (Å²) in [6.45, 7) is 5.91. The summed E-state index contributed by atoms with van der Waals surface area (Å²) in [6.07, 6.45) is 0.806. The zero-order valence-corrected chi connectivity index (χ0v) is 17.1. The van der Waals surface area contributed by atoms with Gasteiger partial charge in [-0.1, -0.05) is 0 Å². The molecule has 2 heterocycles. The van der Waals surface area contributed by atoms with Crippen LogP contribution in [0.3, 0.4) is 0 Å². The number of hydrogen-bond acceptors (Lipinski definition) is 5. The average Bonchev–Trinajstić information content (AvgIpc) is 2.60. The number of fused-ring (bicyclic) bond motifs is 1. The lowest BCUT2D eigenvalue weighted by molar-refractivity contribution is -0.855. The molecule has 0 aliphatic carbocycles. The van der Waals surface area contributed by atoms with E-state index < -0.39 is 0 Å². The molecule has 0 saturated carbocycles. The number of aromatic nitrogens is 2. The molecule has 6 heteroatoms. The normalized spacial score (nSPS) is 15.8. The summed E-state index contributed by atoms with van der Waals surface area (Å²) in [5.41, 5.74) is 3.09. The minimum absolute atomic E-state index is 0.186.